The molecule has 32 heavy (non-hydrogen) atoms. The molecule has 0 saturated heterocycles. The van der Waals surface area contributed by atoms with E-state index in [0.717, 1.165) is 22.6 Å². The Hall–Kier alpha value is -3.32. The Bertz CT molecular complexity index is 1110. The third-order valence-corrected chi connectivity index (χ3v) is 5.51. The van der Waals surface area contributed by atoms with Crippen LogP contribution in [0.1, 0.15) is 23.4 Å². The molecule has 0 aliphatic rings. The number of carbonyl (C=O) groups is 2. The highest BCUT2D eigenvalue weighted by Crippen LogP contribution is 2.27. The number of rotatable bonds is 8. The lowest BCUT2D eigenvalue weighted by Crippen LogP contribution is -2.35. The van der Waals surface area contributed by atoms with Crippen LogP contribution in [-0.4, -0.2) is 47.2 Å². The monoisotopic (exact) mass is 454 g/mol. The van der Waals surface area contributed by atoms with Crippen molar-refractivity contribution >= 4 is 29.1 Å². The number of benzene rings is 2. The van der Waals surface area contributed by atoms with Crippen LogP contribution in [0.2, 0.25) is 5.02 Å². The molecular formula is C24H27ClN4O3. The van der Waals surface area contributed by atoms with Gasteiger partial charge in [-0.05, 0) is 56.2 Å². The smallest absolute Gasteiger partial charge is 0.244 e. The van der Waals surface area contributed by atoms with Crippen molar-refractivity contribution in [3.63, 3.8) is 0 Å². The fourth-order valence-electron chi connectivity index (χ4n) is 3.55. The maximum absolute atomic E-state index is 12.7. The van der Waals surface area contributed by atoms with Crippen LogP contribution >= 0.6 is 11.6 Å². The van der Waals surface area contributed by atoms with Crippen molar-refractivity contribution in [2.75, 3.05) is 26.0 Å². The zero-order valence-electron chi connectivity index (χ0n) is 18.7. The number of anilines is 1. The third-order valence-electron chi connectivity index (χ3n) is 5.27. The average Bonchev–Trinajstić information content (AvgIpc) is 3.06. The van der Waals surface area contributed by atoms with Crippen molar-refractivity contribution < 1.29 is 14.3 Å². The Labute approximate surface area is 192 Å². The normalized spacial score (nSPS) is 10.7. The van der Waals surface area contributed by atoms with Crippen LogP contribution < -0.4 is 10.1 Å². The van der Waals surface area contributed by atoms with Crippen LogP contribution in [0.25, 0.3) is 5.69 Å². The maximum Gasteiger partial charge on any atom is 0.244 e. The van der Waals surface area contributed by atoms with Gasteiger partial charge in [0.25, 0.3) is 0 Å². The molecule has 0 atom stereocenters. The average molecular weight is 455 g/mol. The molecule has 1 N–H and O–H groups in total. The van der Waals surface area contributed by atoms with E-state index in [1.807, 2.05) is 48.9 Å². The van der Waals surface area contributed by atoms with Crippen molar-refractivity contribution in [2.45, 2.75) is 26.7 Å². The van der Waals surface area contributed by atoms with Crippen molar-refractivity contribution in [1.82, 2.24) is 14.7 Å². The second kappa shape index (κ2) is 10.3. The van der Waals surface area contributed by atoms with Gasteiger partial charge in [-0.15, -0.1) is 0 Å². The highest BCUT2D eigenvalue weighted by molar-refractivity contribution is 6.31. The molecule has 0 aliphatic carbocycles. The number of aromatic nitrogens is 2. The van der Waals surface area contributed by atoms with Crippen molar-refractivity contribution in [2.24, 2.45) is 0 Å². The molecule has 0 bridgehead atoms. The second-order valence-corrected chi connectivity index (χ2v) is 7.98. The first-order valence-electron chi connectivity index (χ1n) is 10.3. The van der Waals surface area contributed by atoms with Gasteiger partial charge in [0.15, 0.2) is 0 Å². The zero-order valence-corrected chi connectivity index (χ0v) is 19.4. The molecule has 1 aromatic heterocycles. The van der Waals surface area contributed by atoms with Gasteiger partial charge in [-0.1, -0.05) is 29.8 Å². The summed E-state index contributed by atoms with van der Waals surface area (Å²) < 4.78 is 7.13. The molecule has 0 spiro atoms. The van der Waals surface area contributed by atoms with Crippen LogP contribution in [0.5, 0.6) is 5.75 Å². The molecule has 0 saturated carbocycles. The quantitative estimate of drug-likeness (QED) is 0.554. The van der Waals surface area contributed by atoms with Crippen LogP contribution in [0.3, 0.4) is 0 Å². The highest BCUT2D eigenvalue weighted by Gasteiger charge is 2.18. The summed E-state index contributed by atoms with van der Waals surface area (Å²) in [5, 5.41) is 7.85. The first kappa shape index (κ1) is 23.3. The predicted molar refractivity (Wildman–Crippen MR) is 126 cm³/mol. The number of methoxy groups -OCH3 is 1. The summed E-state index contributed by atoms with van der Waals surface area (Å²) in [6, 6.07) is 14.8. The number of nitrogens with one attached hydrogen (secondary N) is 1. The van der Waals surface area contributed by atoms with Gasteiger partial charge in [0, 0.05) is 24.2 Å². The van der Waals surface area contributed by atoms with E-state index in [4.69, 9.17) is 16.3 Å². The largest absolute Gasteiger partial charge is 0.495 e. The minimum Gasteiger partial charge on any atom is -0.495 e. The van der Waals surface area contributed by atoms with Crippen LogP contribution in [0, 0.1) is 13.8 Å². The van der Waals surface area contributed by atoms with Gasteiger partial charge in [0.2, 0.25) is 11.8 Å². The molecule has 2 aromatic carbocycles. The van der Waals surface area contributed by atoms with Gasteiger partial charge in [-0.25, -0.2) is 4.68 Å². The summed E-state index contributed by atoms with van der Waals surface area (Å²) in [5.41, 5.74) is 4.40. The van der Waals surface area contributed by atoms with Gasteiger partial charge in [-0.3, -0.25) is 9.59 Å². The predicted octanol–water partition coefficient (Wildman–Crippen LogP) is 4.18. The SMILES string of the molecule is COc1ccc(Cl)cc1NC(=O)CN(C)C(=O)CCc1c(C)nn(-c2ccccc2)c1C. The summed E-state index contributed by atoms with van der Waals surface area (Å²) in [5.74, 6) is 0.0493. The Morgan fingerprint density at radius 3 is 2.56 bits per heavy atom. The first-order chi connectivity index (χ1) is 15.3. The Morgan fingerprint density at radius 2 is 1.88 bits per heavy atom. The molecule has 0 aliphatic heterocycles. The Balaban J connectivity index is 1.59. The summed E-state index contributed by atoms with van der Waals surface area (Å²) in [6.45, 7) is 3.87. The van der Waals surface area contributed by atoms with E-state index in [9.17, 15) is 9.59 Å². The minimum atomic E-state index is -0.328. The number of nitrogens with zero attached hydrogens (tertiary/aromatic N) is 3. The van der Waals surface area contributed by atoms with E-state index in [0.29, 0.717) is 22.9 Å². The topological polar surface area (TPSA) is 76.5 Å². The molecular weight excluding hydrogens is 428 g/mol. The number of halogens is 1. The van der Waals surface area contributed by atoms with Crippen molar-refractivity contribution in [3.8, 4) is 11.4 Å². The summed E-state index contributed by atoms with van der Waals surface area (Å²) in [6.07, 6.45) is 0.837. The fraction of sp³-hybridized carbons (Fsp3) is 0.292. The summed E-state index contributed by atoms with van der Waals surface area (Å²) >= 11 is 6.00. The van der Waals surface area contributed by atoms with Gasteiger partial charge in [-0.2, -0.15) is 5.10 Å². The lowest BCUT2D eigenvalue weighted by Gasteiger charge is -2.18. The molecule has 0 fully saturated rings. The molecule has 8 heteroatoms. The Morgan fingerprint density at radius 1 is 1.16 bits per heavy atom. The molecule has 7 nitrogen and oxygen atoms in total. The number of hydrogen-bond donors (Lipinski definition) is 1. The van der Waals surface area contributed by atoms with E-state index >= 15 is 0 Å². The van der Waals surface area contributed by atoms with E-state index in [2.05, 4.69) is 10.4 Å². The van der Waals surface area contributed by atoms with Gasteiger partial charge in [0.05, 0.1) is 30.7 Å². The highest BCUT2D eigenvalue weighted by atomic mass is 35.5. The van der Waals surface area contributed by atoms with Gasteiger partial charge >= 0.3 is 0 Å². The summed E-state index contributed by atoms with van der Waals surface area (Å²) in [7, 11) is 3.13. The number of amides is 2. The second-order valence-electron chi connectivity index (χ2n) is 7.54. The van der Waals surface area contributed by atoms with E-state index < -0.39 is 0 Å². The van der Waals surface area contributed by atoms with Gasteiger partial charge in [0.1, 0.15) is 5.75 Å². The van der Waals surface area contributed by atoms with Crippen molar-refractivity contribution in [1.29, 1.82) is 0 Å². The number of ether oxygens (including phenoxy) is 1. The number of para-hydroxylation sites is 1. The standard InChI is InChI=1S/C24H27ClN4O3/c1-16-20(17(2)29(27-16)19-8-6-5-7-9-19)11-13-24(31)28(3)15-23(30)26-21-14-18(25)10-12-22(21)32-4/h5-10,12,14H,11,13,15H2,1-4H3,(H,26,30). The lowest BCUT2D eigenvalue weighted by atomic mass is 10.1. The molecule has 168 valence electrons. The lowest BCUT2D eigenvalue weighted by molar-refractivity contribution is -0.133. The maximum atomic E-state index is 12.7. The molecule has 3 aromatic rings. The summed E-state index contributed by atoms with van der Waals surface area (Å²) in [4.78, 5) is 26.5. The number of hydrogen-bond acceptors (Lipinski definition) is 4. The van der Waals surface area contributed by atoms with Crippen LogP contribution in [0.15, 0.2) is 48.5 Å². The molecule has 0 unspecified atom stereocenters. The number of carbonyl (C=O) groups excluding carboxylic acids is 2. The Kier molecular flexibility index (Phi) is 7.53. The van der Waals surface area contributed by atoms with E-state index in [1.165, 1.54) is 12.0 Å². The van der Waals surface area contributed by atoms with Crippen LogP contribution in [-0.2, 0) is 16.0 Å². The minimum absolute atomic E-state index is 0.0737. The fourth-order valence-corrected chi connectivity index (χ4v) is 3.72. The molecule has 0 radical (unpaired) electrons. The van der Waals surface area contributed by atoms with E-state index in [-0.39, 0.29) is 24.8 Å². The number of likely N-dealkylation sites (N-methyl/N-ethyl adjacent to an activating group) is 1. The first-order valence-corrected chi connectivity index (χ1v) is 10.7. The third kappa shape index (κ3) is 5.48. The van der Waals surface area contributed by atoms with Crippen LogP contribution in [0.4, 0.5) is 5.69 Å². The molecule has 2 amide bonds. The van der Waals surface area contributed by atoms with E-state index in [1.54, 1.807) is 25.2 Å². The number of aryl methyl sites for hydroxylation is 1. The van der Waals surface area contributed by atoms with Crippen molar-refractivity contribution in [3.05, 3.63) is 70.5 Å². The molecule has 3 rings (SSSR count). The van der Waals surface area contributed by atoms with Gasteiger partial charge < -0.3 is 15.0 Å². The zero-order chi connectivity index (χ0) is 23.3. The molecule has 1 heterocycles.